The highest BCUT2D eigenvalue weighted by atomic mass is 35.5. The number of halogens is 1. The molecule has 2 heterocycles. The number of hydrogen-bond acceptors (Lipinski definition) is 4. The van der Waals surface area contributed by atoms with E-state index in [0.29, 0.717) is 0 Å². The first-order chi connectivity index (χ1) is 8.16. The molecule has 4 nitrogen and oxygen atoms in total. The fourth-order valence-electron chi connectivity index (χ4n) is 1.76. The molecule has 0 fully saturated rings. The Balaban J connectivity index is 0.00000162. The Morgan fingerprint density at radius 1 is 1.33 bits per heavy atom. The summed E-state index contributed by atoms with van der Waals surface area (Å²) in [6.45, 7) is 7.95. The molecule has 0 atom stereocenters. The topological polar surface area (TPSA) is 53.6 Å². The van der Waals surface area contributed by atoms with Crippen molar-refractivity contribution in [3.8, 4) is 0 Å². The zero-order chi connectivity index (χ0) is 12.3. The van der Waals surface area contributed by atoms with Gasteiger partial charge < -0.3 is 5.32 Å². The number of nitrogens with zero attached hydrogens (tertiary/aromatic N) is 2. The molecule has 0 unspecified atom stereocenters. The van der Waals surface area contributed by atoms with Crippen molar-refractivity contribution in [1.29, 1.82) is 0 Å². The van der Waals surface area contributed by atoms with Crippen molar-refractivity contribution >= 4 is 23.7 Å². The van der Waals surface area contributed by atoms with Crippen LogP contribution in [0.15, 0.2) is 5.38 Å². The van der Waals surface area contributed by atoms with E-state index in [0.717, 1.165) is 36.6 Å². The highest BCUT2D eigenvalue weighted by molar-refractivity contribution is 7.09. The normalized spacial score (nSPS) is 10.4. The number of aryl methyl sites for hydroxylation is 3. The summed E-state index contributed by atoms with van der Waals surface area (Å²) in [7, 11) is 0. The Morgan fingerprint density at radius 2 is 2.11 bits per heavy atom. The van der Waals surface area contributed by atoms with Crippen LogP contribution < -0.4 is 5.32 Å². The van der Waals surface area contributed by atoms with Crippen LogP contribution in [0.25, 0.3) is 0 Å². The summed E-state index contributed by atoms with van der Waals surface area (Å²) in [4.78, 5) is 4.44. The number of H-pyrrole nitrogens is 1. The highest BCUT2D eigenvalue weighted by Gasteiger charge is 2.05. The molecule has 0 aliphatic carbocycles. The van der Waals surface area contributed by atoms with Crippen LogP contribution >= 0.6 is 23.7 Å². The molecule has 2 aromatic rings. The summed E-state index contributed by atoms with van der Waals surface area (Å²) in [5.41, 5.74) is 4.63. The zero-order valence-electron chi connectivity index (χ0n) is 10.9. The highest BCUT2D eigenvalue weighted by Crippen LogP contribution is 2.10. The fraction of sp³-hybridized carbons (Fsp3) is 0.500. The van der Waals surface area contributed by atoms with Gasteiger partial charge in [-0.2, -0.15) is 5.10 Å². The second-order valence-corrected chi connectivity index (χ2v) is 5.16. The third-order valence-electron chi connectivity index (χ3n) is 2.76. The van der Waals surface area contributed by atoms with Gasteiger partial charge >= 0.3 is 0 Å². The minimum absolute atomic E-state index is 0. The maximum atomic E-state index is 4.44. The van der Waals surface area contributed by atoms with E-state index in [1.807, 2.05) is 13.8 Å². The smallest absolute Gasteiger partial charge is 0.0940 e. The van der Waals surface area contributed by atoms with Crippen molar-refractivity contribution in [3.05, 3.63) is 33.0 Å². The van der Waals surface area contributed by atoms with E-state index in [4.69, 9.17) is 0 Å². The zero-order valence-corrected chi connectivity index (χ0v) is 12.5. The van der Waals surface area contributed by atoms with Crippen LogP contribution in [0.1, 0.15) is 27.7 Å². The van der Waals surface area contributed by atoms with Crippen molar-refractivity contribution in [1.82, 2.24) is 20.5 Å². The summed E-state index contributed by atoms with van der Waals surface area (Å²) < 4.78 is 0. The second-order valence-electron chi connectivity index (χ2n) is 4.22. The van der Waals surface area contributed by atoms with Gasteiger partial charge in [0.1, 0.15) is 0 Å². The SMILES string of the molecule is Cc1csc(CCNCc2c(C)n[nH]c2C)n1.Cl. The molecule has 18 heavy (non-hydrogen) atoms. The van der Waals surface area contributed by atoms with Gasteiger partial charge in [0.05, 0.1) is 10.7 Å². The van der Waals surface area contributed by atoms with E-state index in [1.165, 1.54) is 10.6 Å². The summed E-state index contributed by atoms with van der Waals surface area (Å²) in [6, 6.07) is 0. The fourth-order valence-corrected chi connectivity index (χ4v) is 2.54. The quantitative estimate of drug-likeness (QED) is 0.831. The Labute approximate surface area is 118 Å². The van der Waals surface area contributed by atoms with Crippen LogP contribution in [0.3, 0.4) is 0 Å². The molecule has 2 aromatic heterocycles. The van der Waals surface area contributed by atoms with Crippen LogP contribution in [-0.4, -0.2) is 21.7 Å². The predicted molar refractivity (Wildman–Crippen MR) is 77.6 cm³/mol. The van der Waals surface area contributed by atoms with Gasteiger partial charge in [-0.25, -0.2) is 4.98 Å². The van der Waals surface area contributed by atoms with Gasteiger partial charge in [-0.15, -0.1) is 23.7 Å². The largest absolute Gasteiger partial charge is 0.312 e. The number of aromatic nitrogens is 3. The predicted octanol–water partition coefficient (Wildman–Crippen LogP) is 2.55. The maximum absolute atomic E-state index is 4.44. The lowest BCUT2D eigenvalue weighted by Gasteiger charge is -2.03. The number of rotatable bonds is 5. The van der Waals surface area contributed by atoms with Crippen molar-refractivity contribution < 1.29 is 0 Å². The van der Waals surface area contributed by atoms with Crippen LogP contribution in [-0.2, 0) is 13.0 Å². The molecular formula is C12H19ClN4S. The monoisotopic (exact) mass is 286 g/mol. The lowest BCUT2D eigenvalue weighted by molar-refractivity contribution is 0.680. The molecule has 0 spiro atoms. The summed E-state index contributed by atoms with van der Waals surface area (Å²) in [5.74, 6) is 0. The van der Waals surface area contributed by atoms with Gasteiger partial charge in [-0.1, -0.05) is 0 Å². The van der Waals surface area contributed by atoms with Crippen molar-refractivity contribution in [2.75, 3.05) is 6.54 Å². The van der Waals surface area contributed by atoms with Gasteiger partial charge in [0.15, 0.2) is 0 Å². The standard InChI is InChI=1S/C12H18N4S.ClH/c1-8-7-17-12(14-8)4-5-13-6-11-9(2)15-16-10(11)3;/h7,13H,4-6H2,1-3H3,(H,15,16);1H. The minimum atomic E-state index is 0. The first-order valence-corrected chi connectivity index (χ1v) is 6.67. The molecule has 0 saturated heterocycles. The second kappa shape index (κ2) is 6.87. The number of thiazole rings is 1. The van der Waals surface area contributed by atoms with Gasteiger partial charge in [0, 0.05) is 41.8 Å². The van der Waals surface area contributed by atoms with E-state index in [9.17, 15) is 0 Å². The van der Waals surface area contributed by atoms with E-state index < -0.39 is 0 Å². The molecule has 0 aromatic carbocycles. The van der Waals surface area contributed by atoms with Gasteiger partial charge in [0.2, 0.25) is 0 Å². The first-order valence-electron chi connectivity index (χ1n) is 5.79. The van der Waals surface area contributed by atoms with Crippen LogP contribution in [0, 0.1) is 20.8 Å². The lowest BCUT2D eigenvalue weighted by Crippen LogP contribution is -2.17. The van der Waals surface area contributed by atoms with Crippen LogP contribution in [0.2, 0.25) is 0 Å². The molecule has 2 rings (SSSR count). The van der Waals surface area contributed by atoms with E-state index in [-0.39, 0.29) is 12.4 Å². The van der Waals surface area contributed by atoms with Gasteiger partial charge in [0.25, 0.3) is 0 Å². The molecule has 0 amide bonds. The summed E-state index contributed by atoms with van der Waals surface area (Å²) >= 11 is 1.73. The molecule has 100 valence electrons. The molecule has 0 radical (unpaired) electrons. The van der Waals surface area contributed by atoms with Gasteiger partial charge in [-0.3, -0.25) is 5.10 Å². The third-order valence-corrected chi connectivity index (χ3v) is 3.79. The minimum Gasteiger partial charge on any atom is -0.312 e. The summed E-state index contributed by atoms with van der Waals surface area (Å²) in [5, 5.41) is 13.9. The third kappa shape index (κ3) is 3.80. The number of hydrogen-bond donors (Lipinski definition) is 2. The molecule has 0 aliphatic heterocycles. The van der Waals surface area contributed by atoms with E-state index >= 15 is 0 Å². The molecular weight excluding hydrogens is 268 g/mol. The average molecular weight is 287 g/mol. The molecule has 6 heteroatoms. The average Bonchev–Trinajstić information content (AvgIpc) is 2.83. The molecule has 0 aliphatic rings. The molecule has 0 bridgehead atoms. The number of nitrogens with one attached hydrogen (secondary N) is 2. The Bertz CT molecular complexity index is 472. The molecule has 2 N–H and O–H groups in total. The van der Waals surface area contributed by atoms with Crippen LogP contribution in [0.4, 0.5) is 0 Å². The van der Waals surface area contributed by atoms with E-state index in [1.54, 1.807) is 11.3 Å². The van der Waals surface area contributed by atoms with Crippen molar-refractivity contribution in [2.24, 2.45) is 0 Å². The van der Waals surface area contributed by atoms with Gasteiger partial charge in [-0.05, 0) is 20.8 Å². The Morgan fingerprint density at radius 3 is 2.67 bits per heavy atom. The maximum Gasteiger partial charge on any atom is 0.0940 e. The first kappa shape index (κ1) is 15.1. The lowest BCUT2D eigenvalue weighted by atomic mass is 10.2. The Kier molecular flexibility index (Phi) is 5.78. The van der Waals surface area contributed by atoms with E-state index in [2.05, 4.69) is 32.8 Å². The van der Waals surface area contributed by atoms with Crippen molar-refractivity contribution in [3.63, 3.8) is 0 Å². The Hall–Kier alpha value is -0.910. The summed E-state index contributed by atoms with van der Waals surface area (Å²) in [6.07, 6.45) is 0.994. The van der Waals surface area contributed by atoms with Crippen LogP contribution in [0.5, 0.6) is 0 Å². The molecule has 0 saturated carbocycles. The van der Waals surface area contributed by atoms with Crippen molar-refractivity contribution in [2.45, 2.75) is 33.7 Å². The number of aromatic amines is 1.